The lowest BCUT2D eigenvalue weighted by molar-refractivity contribution is -0.117. The summed E-state index contributed by atoms with van der Waals surface area (Å²) in [6.45, 7) is 3.43. The molecule has 0 saturated carbocycles. The average Bonchev–Trinajstić information content (AvgIpc) is 2.99. The third-order valence-electron chi connectivity index (χ3n) is 5.33. The maximum absolute atomic E-state index is 13.0. The lowest BCUT2D eigenvalue weighted by Crippen LogP contribution is -2.30. The minimum absolute atomic E-state index is 0.170. The van der Waals surface area contributed by atoms with E-state index in [9.17, 15) is 14.4 Å². The van der Waals surface area contributed by atoms with Crippen molar-refractivity contribution in [3.63, 3.8) is 0 Å². The van der Waals surface area contributed by atoms with E-state index < -0.39 is 11.5 Å². The summed E-state index contributed by atoms with van der Waals surface area (Å²) in [4.78, 5) is 38.0. The Morgan fingerprint density at radius 2 is 1.62 bits per heavy atom. The standard InChI is InChI=1S/C24H23N5O3/c1-16-9-11-18(12-10-16)20-13-14-22(31)28(26-20)15-21(30)25-23-17(2)27(3)29(24(23)32)19-7-5-4-6-8-19/h4-14H,15H2,1-3H3,(H,25,30). The van der Waals surface area contributed by atoms with Gasteiger partial charge in [-0.15, -0.1) is 0 Å². The number of carbonyl (C=O) groups excluding carboxylic acids is 1. The van der Waals surface area contributed by atoms with Crippen LogP contribution >= 0.6 is 0 Å². The lowest BCUT2D eigenvalue weighted by atomic mass is 10.1. The molecule has 2 heterocycles. The van der Waals surface area contributed by atoms with Gasteiger partial charge in [0.15, 0.2) is 0 Å². The van der Waals surface area contributed by atoms with Gasteiger partial charge in [-0.1, -0.05) is 48.0 Å². The van der Waals surface area contributed by atoms with Gasteiger partial charge in [0, 0.05) is 18.7 Å². The summed E-state index contributed by atoms with van der Waals surface area (Å²) in [5, 5.41) is 6.98. The monoisotopic (exact) mass is 429 g/mol. The summed E-state index contributed by atoms with van der Waals surface area (Å²) in [6.07, 6.45) is 0. The molecule has 1 N–H and O–H groups in total. The number of hydrogen-bond donors (Lipinski definition) is 1. The van der Waals surface area contributed by atoms with E-state index in [1.165, 1.54) is 10.7 Å². The van der Waals surface area contributed by atoms with Gasteiger partial charge in [-0.05, 0) is 32.0 Å². The molecule has 0 fully saturated rings. The van der Waals surface area contributed by atoms with Crippen molar-refractivity contribution in [2.24, 2.45) is 7.05 Å². The van der Waals surface area contributed by atoms with Gasteiger partial charge in [0.1, 0.15) is 12.2 Å². The molecule has 0 aliphatic rings. The number of anilines is 1. The van der Waals surface area contributed by atoms with Crippen molar-refractivity contribution in [1.29, 1.82) is 0 Å². The summed E-state index contributed by atoms with van der Waals surface area (Å²) in [7, 11) is 1.75. The zero-order valence-corrected chi connectivity index (χ0v) is 18.1. The first-order valence-electron chi connectivity index (χ1n) is 10.1. The Labute approximate surface area is 184 Å². The molecule has 1 amide bonds. The lowest BCUT2D eigenvalue weighted by Gasteiger charge is -2.08. The van der Waals surface area contributed by atoms with Crippen LogP contribution < -0.4 is 16.4 Å². The van der Waals surface area contributed by atoms with Crippen molar-refractivity contribution in [2.45, 2.75) is 20.4 Å². The third-order valence-corrected chi connectivity index (χ3v) is 5.33. The summed E-state index contributed by atoms with van der Waals surface area (Å²) in [6, 6.07) is 19.9. The Balaban J connectivity index is 1.60. The third kappa shape index (κ3) is 4.02. The first kappa shape index (κ1) is 21.0. The molecule has 0 saturated heterocycles. The number of amides is 1. The van der Waals surface area contributed by atoms with Gasteiger partial charge in [0.2, 0.25) is 5.91 Å². The molecule has 0 unspecified atom stereocenters. The van der Waals surface area contributed by atoms with Crippen LogP contribution in [0.1, 0.15) is 11.3 Å². The van der Waals surface area contributed by atoms with Crippen LogP contribution in [0.15, 0.2) is 76.3 Å². The molecule has 8 heteroatoms. The fourth-order valence-corrected chi connectivity index (χ4v) is 3.47. The van der Waals surface area contributed by atoms with Crippen LogP contribution in [0, 0.1) is 13.8 Å². The van der Waals surface area contributed by atoms with Gasteiger partial charge < -0.3 is 5.32 Å². The largest absolute Gasteiger partial charge is 0.318 e. The normalized spacial score (nSPS) is 10.8. The molecule has 4 rings (SSSR count). The summed E-state index contributed by atoms with van der Waals surface area (Å²) in [5.41, 5.74) is 3.24. The van der Waals surface area contributed by atoms with E-state index in [1.54, 1.807) is 24.7 Å². The van der Waals surface area contributed by atoms with Gasteiger partial charge in [0.05, 0.1) is 17.1 Å². The van der Waals surface area contributed by atoms with E-state index in [0.717, 1.165) is 15.8 Å². The Morgan fingerprint density at radius 1 is 0.938 bits per heavy atom. The zero-order chi connectivity index (χ0) is 22.8. The van der Waals surface area contributed by atoms with Crippen LogP contribution in [-0.2, 0) is 18.4 Å². The second kappa shape index (κ2) is 8.50. The van der Waals surface area contributed by atoms with Crippen molar-refractivity contribution in [1.82, 2.24) is 19.1 Å². The SMILES string of the molecule is Cc1ccc(-c2ccc(=O)n(CC(=O)Nc3c(C)n(C)n(-c4ccccc4)c3=O)n2)cc1. The topological polar surface area (TPSA) is 90.9 Å². The molecule has 0 spiro atoms. The van der Waals surface area contributed by atoms with Crippen LogP contribution in [0.5, 0.6) is 0 Å². The predicted octanol–water partition coefficient (Wildman–Crippen LogP) is 2.66. The number of nitrogens with zero attached hydrogens (tertiary/aromatic N) is 4. The number of benzene rings is 2. The van der Waals surface area contributed by atoms with E-state index in [0.29, 0.717) is 17.1 Å². The molecule has 162 valence electrons. The molecule has 4 aromatic rings. The van der Waals surface area contributed by atoms with Crippen molar-refractivity contribution < 1.29 is 4.79 Å². The minimum atomic E-state index is -0.508. The first-order valence-corrected chi connectivity index (χ1v) is 10.1. The second-order valence-corrected chi connectivity index (χ2v) is 7.57. The Bertz CT molecular complexity index is 1400. The highest BCUT2D eigenvalue weighted by Crippen LogP contribution is 2.16. The second-order valence-electron chi connectivity index (χ2n) is 7.57. The Kier molecular flexibility index (Phi) is 5.59. The highest BCUT2D eigenvalue weighted by Gasteiger charge is 2.18. The van der Waals surface area contributed by atoms with Crippen molar-refractivity contribution in [3.8, 4) is 16.9 Å². The molecular weight excluding hydrogens is 406 g/mol. The van der Waals surface area contributed by atoms with E-state index in [1.807, 2.05) is 61.5 Å². The van der Waals surface area contributed by atoms with Crippen LogP contribution in [0.4, 0.5) is 5.69 Å². The predicted molar refractivity (Wildman–Crippen MR) is 123 cm³/mol. The van der Waals surface area contributed by atoms with Gasteiger partial charge in [-0.25, -0.2) is 9.36 Å². The van der Waals surface area contributed by atoms with Gasteiger partial charge in [0.25, 0.3) is 11.1 Å². The number of rotatable bonds is 5. The van der Waals surface area contributed by atoms with Crippen molar-refractivity contribution >= 4 is 11.6 Å². The van der Waals surface area contributed by atoms with Crippen LogP contribution in [0.3, 0.4) is 0 Å². The molecule has 8 nitrogen and oxygen atoms in total. The summed E-state index contributed by atoms with van der Waals surface area (Å²) >= 11 is 0. The smallest absolute Gasteiger partial charge is 0.295 e. The van der Waals surface area contributed by atoms with Gasteiger partial charge in [-0.3, -0.25) is 19.1 Å². The maximum atomic E-state index is 13.0. The van der Waals surface area contributed by atoms with E-state index in [4.69, 9.17) is 0 Å². The molecule has 32 heavy (non-hydrogen) atoms. The maximum Gasteiger partial charge on any atom is 0.295 e. The molecule has 0 aliphatic carbocycles. The number of para-hydroxylation sites is 1. The molecular formula is C24H23N5O3. The average molecular weight is 429 g/mol. The zero-order valence-electron chi connectivity index (χ0n) is 18.1. The van der Waals surface area contributed by atoms with Crippen LogP contribution in [0.2, 0.25) is 0 Å². The minimum Gasteiger partial charge on any atom is -0.318 e. The molecule has 2 aromatic heterocycles. The van der Waals surface area contributed by atoms with Crippen LogP contribution in [-0.4, -0.2) is 25.1 Å². The summed E-state index contributed by atoms with van der Waals surface area (Å²) in [5.74, 6) is -0.508. The van der Waals surface area contributed by atoms with Crippen molar-refractivity contribution in [2.75, 3.05) is 5.32 Å². The number of hydrogen-bond acceptors (Lipinski definition) is 4. The summed E-state index contributed by atoms with van der Waals surface area (Å²) < 4.78 is 4.25. The van der Waals surface area contributed by atoms with E-state index >= 15 is 0 Å². The van der Waals surface area contributed by atoms with Gasteiger partial charge in [-0.2, -0.15) is 5.10 Å². The number of aromatic nitrogens is 4. The Hall–Kier alpha value is -4.20. The fourth-order valence-electron chi connectivity index (χ4n) is 3.47. The first-order chi connectivity index (χ1) is 15.3. The number of aryl methyl sites for hydroxylation is 1. The molecule has 2 aromatic carbocycles. The fraction of sp³-hybridized carbons (Fsp3) is 0.167. The van der Waals surface area contributed by atoms with E-state index in [2.05, 4.69) is 10.4 Å². The Morgan fingerprint density at radius 3 is 2.31 bits per heavy atom. The van der Waals surface area contributed by atoms with Gasteiger partial charge >= 0.3 is 0 Å². The molecule has 0 atom stereocenters. The highest BCUT2D eigenvalue weighted by atomic mass is 16.2. The molecule has 0 radical (unpaired) electrons. The van der Waals surface area contributed by atoms with E-state index in [-0.39, 0.29) is 17.8 Å². The quantitative estimate of drug-likeness (QED) is 0.528. The highest BCUT2D eigenvalue weighted by molar-refractivity contribution is 5.91. The number of nitrogens with one attached hydrogen (secondary N) is 1. The molecule has 0 aliphatic heterocycles. The van der Waals surface area contributed by atoms with Crippen LogP contribution in [0.25, 0.3) is 16.9 Å². The van der Waals surface area contributed by atoms with Crippen molar-refractivity contribution in [3.05, 3.63) is 98.7 Å². The molecule has 0 bridgehead atoms. The number of carbonyl (C=O) groups is 1.